The minimum atomic E-state index is 0.144. The fraction of sp³-hybridized carbons (Fsp3) is 0.857. The minimum absolute atomic E-state index is 0.144. The average Bonchev–Trinajstić information content (AvgIpc) is 2.10. The Morgan fingerprint density at radius 3 is 2.00 bits per heavy atom. The van der Waals surface area contributed by atoms with Gasteiger partial charge in [0.1, 0.15) is 0 Å². The van der Waals surface area contributed by atoms with Crippen LogP contribution in [0.5, 0.6) is 0 Å². The second-order valence-electron chi connectivity index (χ2n) is 3.79. The molecule has 6 heteroatoms. The van der Waals surface area contributed by atoms with Crippen molar-refractivity contribution in [3.05, 3.63) is 0 Å². The summed E-state index contributed by atoms with van der Waals surface area (Å²) in [7, 11) is 0. The van der Waals surface area contributed by atoms with E-state index in [0.717, 1.165) is 33.3 Å². The summed E-state index contributed by atoms with van der Waals surface area (Å²) in [4.78, 5) is 13.6. The third kappa shape index (κ3) is 1.15. The summed E-state index contributed by atoms with van der Waals surface area (Å²) < 4.78 is 0. The molecular weight excluding hydrogens is 186 g/mol. The molecule has 4 saturated heterocycles. The smallest absolute Gasteiger partial charge is 0.172 e. The Hall–Kier alpha value is -0.360. The van der Waals surface area contributed by atoms with Crippen molar-refractivity contribution in [3.63, 3.8) is 0 Å². The van der Waals surface area contributed by atoms with Gasteiger partial charge < -0.3 is 0 Å². The normalized spacial score (nSPS) is 51.8. The van der Waals surface area contributed by atoms with Crippen LogP contribution >= 0.6 is 12.2 Å². The molecule has 70 valence electrons. The van der Waals surface area contributed by atoms with Crippen LogP contribution in [0.1, 0.15) is 0 Å². The standard InChI is InChI=1S/C7H11N5S/c13-1-8-7-11-3-9-2-10(5-11)6-12(7)4-9/h7H,2-6H2. The zero-order valence-corrected chi connectivity index (χ0v) is 8.07. The largest absolute Gasteiger partial charge is 0.264 e. The van der Waals surface area contributed by atoms with E-state index in [-0.39, 0.29) is 6.29 Å². The van der Waals surface area contributed by atoms with Crippen LogP contribution < -0.4 is 0 Å². The molecule has 0 spiro atoms. The predicted molar refractivity (Wildman–Crippen MR) is 50.5 cm³/mol. The molecule has 0 unspecified atom stereocenters. The molecule has 4 heterocycles. The van der Waals surface area contributed by atoms with E-state index in [1.165, 1.54) is 0 Å². The van der Waals surface area contributed by atoms with Gasteiger partial charge in [0.2, 0.25) is 0 Å². The quantitative estimate of drug-likeness (QED) is 0.413. The summed E-state index contributed by atoms with van der Waals surface area (Å²) >= 11 is 4.65. The molecule has 0 aromatic carbocycles. The van der Waals surface area contributed by atoms with Crippen molar-refractivity contribution in [2.75, 3.05) is 33.3 Å². The first-order valence-corrected chi connectivity index (χ1v) is 4.77. The Labute approximate surface area is 82.2 Å². The number of nitrogens with zero attached hydrogens (tertiary/aromatic N) is 5. The van der Waals surface area contributed by atoms with Gasteiger partial charge in [-0.05, 0) is 12.2 Å². The number of hydrogen-bond donors (Lipinski definition) is 0. The number of rotatable bonds is 1. The molecule has 0 aliphatic carbocycles. The minimum Gasteiger partial charge on any atom is -0.264 e. The molecule has 4 aliphatic rings. The van der Waals surface area contributed by atoms with Crippen molar-refractivity contribution >= 4 is 17.4 Å². The molecule has 0 radical (unpaired) electrons. The second kappa shape index (κ2) is 2.81. The van der Waals surface area contributed by atoms with Crippen molar-refractivity contribution in [1.82, 2.24) is 19.6 Å². The topological polar surface area (TPSA) is 25.3 Å². The molecule has 0 atom stereocenters. The molecule has 0 amide bonds. The van der Waals surface area contributed by atoms with Crippen LogP contribution in [0.25, 0.3) is 0 Å². The van der Waals surface area contributed by atoms with Crippen molar-refractivity contribution in [2.45, 2.75) is 6.29 Å². The third-order valence-electron chi connectivity index (χ3n) is 2.75. The predicted octanol–water partition coefficient (Wildman–Crippen LogP) is -0.591. The first-order chi connectivity index (χ1) is 6.36. The molecular formula is C7H11N5S. The molecule has 4 bridgehead atoms. The van der Waals surface area contributed by atoms with Gasteiger partial charge in [-0.15, -0.1) is 0 Å². The molecule has 0 saturated carbocycles. The van der Waals surface area contributed by atoms with E-state index in [1.54, 1.807) is 0 Å². The molecule has 0 N–H and O–H groups in total. The first-order valence-electron chi connectivity index (χ1n) is 4.36. The summed E-state index contributed by atoms with van der Waals surface area (Å²) in [5, 5.41) is 2.48. The number of thiocarbonyl (C=S) groups is 1. The maximum Gasteiger partial charge on any atom is 0.172 e. The maximum atomic E-state index is 4.65. The third-order valence-corrected chi connectivity index (χ3v) is 2.85. The van der Waals surface area contributed by atoms with Crippen LogP contribution in [0.2, 0.25) is 0 Å². The zero-order chi connectivity index (χ0) is 8.84. The van der Waals surface area contributed by atoms with Gasteiger partial charge in [0, 0.05) is 0 Å². The summed E-state index contributed by atoms with van der Waals surface area (Å²) in [5.41, 5.74) is 0. The molecule has 0 aromatic rings. The SMILES string of the molecule is S=C=NC1N2CN3CN(C2)CN1C3. The number of isothiocyanates is 1. The summed E-state index contributed by atoms with van der Waals surface area (Å²) in [6.07, 6.45) is 0.144. The van der Waals surface area contributed by atoms with Gasteiger partial charge in [-0.1, -0.05) is 0 Å². The van der Waals surface area contributed by atoms with Crippen LogP contribution in [-0.2, 0) is 0 Å². The highest BCUT2D eigenvalue weighted by atomic mass is 32.1. The van der Waals surface area contributed by atoms with Gasteiger partial charge in [0.25, 0.3) is 0 Å². The van der Waals surface area contributed by atoms with Gasteiger partial charge >= 0.3 is 0 Å². The molecule has 13 heavy (non-hydrogen) atoms. The highest BCUT2D eigenvalue weighted by Gasteiger charge is 2.43. The van der Waals surface area contributed by atoms with E-state index in [4.69, 9.17) is 0 Å². The summed E-state index contributed by atoms with van der Waals surface area (Å²) in [6.45, 7) is 5.15. The van der Waals surface area contributed by atoms with Crippen LogP contribution in [0.15, 0.2) is 4.99 Å². The molecule has 5 nitrogen and oxygen atoms in total. The van der Waals surface area contributed by atoms with Crippen LogP contribution in [0.3, 0.4) is 0 Å². The van der Waals surface area contributed by atoms with Gasteiger partial charge in [0.05, 0.1) is 38.5 Å². The van der Waals surface area contributed by atoms with Crippen LogP contribution in [0.4, 0.5) is 0 Å². The highest BCUT2D eigenvalue weighted by molar-refractivity contribution is 7.78. The molecule has 4 aliphatic heterocycles. The number of hydrogen-bond acceptors (Lipinski definition) is 6. The van der Waals surface area contributed by atoms with Gasteiger partial charge in [0.15, 0.2) is 6.29 Å². The average molecular weight is 197 g/mol. The van der Waals surface area contributed by atoms with E-state index in [0.29, 0.717) is 0 Å². The summed E-state index contributed by atoms with van der Waals surface area (Å²) in [5.74, 6) is 0. The van der Waals surface area contributed by atoms with E-state index in [2.05, 4.69) is 42.0 Å². The Morgan fingerprint density at radius 2 is 1.54 bits per heavy atom. The lowest BCUT2D eigenvalue weighted by Crippen LogP contribution is -2.75. The van der Waals surface area contributed by atoms with Crippen LogP contribution in [-0.4, -0.2) is 64.4 Å². The number of aliphatic imine (C=N–C) groups is 1. The summed E-state index contributed by atoms with van der Waals surface area (Å²) in [6, 6.07) is 0. The Bertz CT molecular complexity index is 246. The lowest BCUT2D eigenvalue weighted by atomic mass is 10.3. The maximum absolute atomic E-state index is 4.65. The van der Waals surface area contributed by atoms with E-state index >= 15 is 0 Å². The van der Waals surface area contributed by atoms with E-state index in [9.17, 15) is 0 Å². The van der Waals surface area contributed by atoms with Crippen molar-refractivity contribution < 1.29 is 0 Å². The van der Waals surface area contributed by atoms with Crippen molar-refractivity contribution in [3.8, 4) is 0 Å². The fourth-order valence-electron chi connectivity index (χ4n) is 2.40. The van der Waals surface area contributed by atoms with Gasteiger partial charge in [-0.3, -0.25) is 9.80 Å². The van der Waals surface area contributed by atoms with Crippen molar-refractivity contribution in [1.29, 1.82) is 0 Å². The van der Waals surface area contributed by atoms with E-state index < -0.39 is 0 Å². The highest BCUT2D eigenvalue weighted by Crippen LogP contribution is 2.26. The lowest BCUT2D eigenvalue weighted by Gasteiger charge is -2.58. The second-order valence-corrected chi connectivity index (χ2v) is 3.98. The monoisotopic (exact) mass is 197 g/mol. The fourth-order valence-corrected chi connectivity index (χ4v) is 2.50. The Morgan fingerprint density at radius 1 is 1.00 bits per heavy atom. The van der Waals surface area contributed by atoms with Crippen molar-refractivity contribution in [2.24, 2.45) is 4.99 Å². The van der Waals surface area contributed by atoms with Gasteiger partial charge in [-0.2, -0.15) is 4.99 Å². The van der Waals surface area contributed by atoms with E-state index in [1.807, 2.05) is 0 Å². The Kier molecular flexibility index (Phi) is 1.73. The van der Waals surface area contributed by atoms with Crippen LogP contribution in [0, 0.1) is 0 Å². The lowest BCUT2D eigenvalue weighted by molar-refractivity contribution is -0.228. The molecule has 0 aromatic heterocycles. The first kappa shape index (κ1) is 7.99. The molecule has 4 rings (SSSR count). The Balaban J connectivity index is 1.89. The molecule has 4 fully saturated rings. The zero-order valence-electron chi connectivity index (χ0n) is 7.26. The van der Waals surface area contributed by atoms with Gasteiger partial charge in [-0.25, -0.2) is 9.80 Å².